The Morgan fingerprint density at radius 3 is 2.47 bits per heavy atom. The Bertz CT molecular complexity index is 302. The fraction of sp³-hybridized carbons (Fsp3) is 0.538. The van der Waals surface area contributed by atoms with Crippen LogP contribution in [-0.2, 0) is 6.54 Å². The van der Waals surface area contributed by atoms with Gasteiger partial charge in [0, 0.05) is 12.1 Å². The number of benzene rings is 1. The van der Waals surface area contributed by atoms with Gasteiger partial charge in [-0.1, -0.05) is 39.0 Å². The first-order chi connectivity index (χ1) is 6.99. The molecule has 1 N–H and O–H groups in total. The maximum Gasteiger partial charge on any atom is 0.127 e. The molecular weight excluding hydrogens is 189 g/mol. The number of halogens is 1. The van der Waals surface area contributed by atoms with Crippen LogP contribution < -0.4 is 5.32 Å². The van der Waals surface area contributed by atoms with Gasteiger partial charge in [0.25, 0.3) is 0 Å². The summed E-state index contributed by atoms with van der Waals surface area (Å²) in [6.45, 7) is 8.16. The van der Waals surface area contributed by atoms with Crippen LogP contribution in [0.25, 0.3) is 0 Å². The Morgan fingerprint density at radius 1 is 1.20 bits per heavy atom. The smallest absolute Gasteiger partial charge is 0.127 e. The molecule has 0 heterocycles. The maximum absolute atomic E-state index is 13.2. The fourth-order valence-corrected chi connectivity index (χ4v) is 1.33. The van der Waals surface area contributed by atoms with E-state index in [2.05, 4.69) is 26.1 Å². The lowest BCUT2D eigenvalue weighted by atomic mass is 9.92. The Balaban J connectivity index is 2.30. The quantitative estimate of drug-likeness (QED) is 0.750. The first-order valence-corrected chi connectivity index (χ1v) is 5.43. The molecule has 0 saturated heterocycles. The first kappa shape index (κ1) is 12.2. The van der Waals surface area contributed by atoms with E-state index in [-0.39, 0.29) is 5.82 Å². The molecule has 1 aromatic rings. The molecule has 0 unspecified atom stereocenters. The van der Waals surface area contributed by atoms with Crippen molar-refractivity contribution >= 4 is 0 Å². The standard InChI is InChI=1S/C13H20FN/c1-13(2,3)8-9-15-10-11-6-4-5-7-12(11)14/h4-7,15H,8-10H2,1-3H3. The van der Waals surface area contributed by atoms with Crippen molar-refractivity contribution < 1.29 is 4.39 Å². The van der Waals surface area contributed by atoms with Crippen LogP contribution in [-0.4, -0.2) is 6.54 Å². The van der Waals surface area contributed by atoms with Gasteiger partial charge in [-0.2, -0.15) is 0 Å². The molecule has 0 spiro atoms. The van der Waals surface area contributed by atoms with Crippen LogP contribution in [0.5, 0.6) is 0 Å². The van der Waals surface area contributed by atoms with E-state index >= 15 is 0 Å². The van der Waals surface area contributed by atoms with Gasteiger partial charge in [0.15, 0.2) is 0 Å². The van der Waals surface area contributed by atoms with Crippen molar-refractivity contribution in [3.8, 4) is 0 Å². The number of hydrogen-bond acceptors (Lipinski definition) is 1. The number of hydrogen-bond donors (Lipinski definition) is 1. The van der Waals surface area contributed by atoms with E-state index in [1.165, 1.54) is 6.07 Å². The van der Waals surface area contributed by atoms with Crippen molar-refractivity contribution in [3.05, 3.63) is 35.6 Å². The zero-order chi connectivity index (χ0) is 11.3. The van der Waals surface area contributed by atoms with Gasteiger partial charge in [0.2, 0.25) is 0 Å². The second-order valence-electron chi connectivity index (χ2n) is 5.08. The summed E-state index contributed by atoms with van der Waals surface area (Å²) >= 11 is 0. The predicted octanol–water partition coefficient (Wildman–Crippen LogP) is 3.35. The molecule has 0 fully saturated rings. The molecule has 2 heteroatoms. The molecule has 84 valence electrons. The van der Waals surface area contributed by atoms with Crippen LogP contribution in [0.3, 0.4) is 0 Å². The van der Waals surface area contributed by atoms with E-state index in [4.69, 9.17) is 0 Å². The second kappa shape index (κ2) is 5.26. The van der Waals surface area contributed by atoms with Gasteiger partial charge in [-0.3, -0.25) is 0 Å². The van der Waals surface area contributed by atoms with Crippen molar-refractivity contribution in [1.82, 2.24) is 5.32 Å². The number of rotatable bonds is 4. The van der Waals surface area contributed by atoms with Gasteiger partial charge >= 0.3 is 0 Å². The molecule has 0 radical (unpaired) electrons. The maximum atomic E-state index is 13.2. The Morgan fingerprint density at radius 2 is 1.87 bits per heavy atom. The molecule has 15 heavy (non-hydrogen) atoms. The lowest BCUT2D eigenvalue weighted by molar-refractivity contribution is 0.366. The van der Waals surface area contributed by atoms with Crippen LogP contribution in [0.4, 0.5) is 4.39 Å². The highest BCUT2D eigenvalue weighted by atomic mass is 19.1. The van der Waals surface area contributed by atoms with Crippen molar-refractivity contribution in [2.75, 3.05) is 6.54 Å². The lowest BCUT2D eigenvalue weighted by Gasteiger charge is -2.18. The van der Waals surface area contributed by atoms with Crippen molar-refractivity contribution in [3.63, 3.8) is 0 Å². The molecule has 0 amide bonds. The van der Waals surface area contributed by atoms with E-state index in [9.17, 15) is 4.39 Å². The molecule has 0 saturated carbocycles. The zero-order valence-corrected chi connectivity index (χ0v) is 9.81. The van der Waals surface area contributed by atoms with Gasteiger partial charge < -0.3 is 5.32 Å². The van der Waals surface area contributed by atoms with Gasteiger partial charge in [0.05, 0.1) is 0 Å². The summed E-state index contributed by atoms with van der Waals surface area (Å²) in [6.07, 6.45) is 1.10. The summed E-state index contributed by atoms with van der Waals surface area (Å²) in [5, 5.41) is 3.26. The summed E-state index contributed by atoms with van der Waals surface area (Å²) < 4.78 is 13.2. The molecule has 1 aromatic carbocycles. The third-order valence-electron chi connectivity index (χ3n) is 2.33. The van der Waals surface area contributed by atoms with Crippen molar-refractivity contribution in [2.45, 2.75) is 33.7 Å². The normalized spacial score (nSPS) is 11.7. The van der Waals surface area contributed by atoms with Gasteiger partial charge in [-0.05, 0) is 24.4 Å². The highest BCUT2D eigenvalue weighted by molar-refractivity contribution is 5.16. The molecule has 0 aliphatic heterocycles. The van der Waals surface area contributed by atoms with Gasteiger partial charge in [0.1, 0.15) is 5.82 Å². The molecule has 1 nitrogen and oxygen atoms in total. The summed E-state index contributed by atoms with van der Waals surface area (Å²) in [5.41, 5.74) is 1.08. The minimum atomic E-state index is -0.124. The SMILES string of the molecule is CC(C)(C)CCNCc1ccccc1F. The van der Waals surface area contributed by atoms with Crippen LogP contribution in [0.15, 0.2) is 24.3 Å². The van der Waals surface area contributed by atoms with E-state index < -0.39 is 0 Å². The molecule has 0 bridgehead atoms. The summed E-state index contributed by atoms with van der Waals surface area (Å²) in [4.78, 5) is 0. The van der Waals surface area contributed by atoms with Crippen molar-refractivity contribution in [2.24, 2.45) is 5.41 Å². The molecule has 0 aliphatic rings. The number of nitrogens with one attached hydrogen (secondary N) is 1. The van der Waals surface area contributed by atoms with Crippen LogP contribution in [0, 0.1) is 11.2 Å². The largest absolute Gasteiger partial charge is 0.313 e. The Kier molecular flexibility index (Phi) is 4.28. The van der Waals surface area contributed by atoms with Crippen LogP contribution in [0.1, 0.15) is 32.8 Å². The Hall–Kier alpha value is -0.890. The summed E-state index contributed by atoms with van der Waals surface area (Å²) in [6, 6.07) is 6.90. The Labute approximate surface area is 91.7 Å². The first-order valence-electron chi connectivity index (χ1n) is 5.43. The van der Waals surface area contributed by atoms with E-state index in [1.807, 2.05) is 12.1 Å². The third-order valence-corrected chi connectivity index (χ3v) is 2.33. The monoisotopic (exact) mass is 209 g/mol. The molecule has 0 atom stereocenters. The summed E-state index contributed by atoms with van der Waals surface area (Å²) in [7, 11) is 0. The minimum Gasteiger partial charge on any atom is -0.313 e. The molecular formula is C13H20FN. The van der Waals surface area contributed by atoms with Gasteiger partial charge in [-0.15, -0.1) is 0 Å². The highest BCUT2D eigenvalue weighted by Crippen LogP contribution is 2.17. The average molecular weight is 209 g/mol. The zero-order valence-electron chi connectivity index (χ0n) is 9.81. The lowest BCUT2D eigenvalue weighted by Crippen LogP contribution is -2.20. The van der Waals surface area contributed by atoms with Crippen LogP contribution >= 0.6 is 0 Å². The van der Waals surface area contributed by atoms with Crippen LogP contribution in [0.2, 0.25) is 0 Å². The molecule has 0 aliphatic carbocycles. The molecule has 1 rings (SSSR count). The predicted molar refractivity (Wildman–Crippen MR) is 62.2 cm³/mol. The van der Waals surface area contributed by atoms with E-state index in [0.717, 1.165) is 18.5 Å². The third kappa shape index (κ3) is 4.93. The van der Waals surface area contributed by atoms with E-state index in [0.29, 0.717) is 12.0 Å². The highest BCUT2D eigenvalue weighted by Gasteiger charge is 2.08. The second-order valence-corrected chi connectivity index (χ2v) is 5.08. The average Bonchev–Trinajstić information content (AvgIpc) is 2.13. The fourth-order valence-electron chi connectivity index (χ4n) is 1.33. The van der Waals surface area contributed by atoms with Gasteiger partial charge in [-0.25, -0.2) is 4.39 Å². The van der Waals surface area contributed by atoms with Crippen molar-refractivity contribution in [1.29, 1.82) is 0 Å². The molecule has 0 aromatic heterocycles. The minimum absolute atomic E-state index is 0.124. The summed E-state index contributed by atoms with van der Waals surface area (Å²) in [5.74, 6) is -0.124. The topological polar surface area (TPSA) is 12.0 Å². The van der Waals surface area contributed by atoms with E-state index in [1.54, 1.807) is 6.07 Å².